The van der Waals surface area contributed by atoms with Crippen LogP contribution in [0.1, 0.15) is 27.9 Å². The maximum atomic E-state index is 14.8. The summed E-state index contributed by atoms with van der Waals surface area (Å²) in [4.78, 5) is 21.2. The van der Waals surface area contributed by atoms with Gasteiger partial charge in [-0.25, -0.2) is 23.9 Å². The fourth-order valence-corrected chi connectivity index (χ4v) is 5.10. The minimum Gasteiger partial charge on any atom is -0.390 e. The number of nitrogens with two attached hydrogens (primary N) is 1. The van der Waals surface area contributed by atoms with Crippen LogP contribution in [0.2, 0.25) is 5.15 Å². The summed E-state index contributed by atoms with van der Waals surface area (Å²) in [5.41, 5.74) is 0.989. The Morgan fingerprint density at radius 3 is 2.84 bits per heavy atom. The maximum Gasteiger partial charge on any atom is 0.333 e. The standard InChI is InChI=1S/C22H21BrClF2N5O5S/c23-15-3-11(1-2-16(15)25)7-31-8-12(5-18(31)24)20(32)14-6-28-10-29-22(14)30-17-4-13(21(33)19(17)26)9-36-37(27,34)35/h1-3,5-6,8,10,13,17,19,21,33H,4,7,9H2,(H2,27,34,35)(H,28,29,30)/t13-,17-,19-,21-/m1/s1. The first kappa shape index (κ1) is 27.5. The summed E-state index contributed by atoms with van der Waals surface area (Å²) in [5, 5.41) is 18.1. The van der Waals surface area contributed by atoms with Gasteiger partial charge < -0.3 is 15.0 Å². The van der Waals surface area contributed by atoms with Crippen molar-refractivity contribution in [2.75, 3.05) is 11.9 Å². The second kappa shape index (κ2) is 11.1. The molecule has 0 radical (unpaired) electrons. The summed E-state index contributed by atoms with van der Waals surface area (Å²) < 4.78 is 56.8. The van der Waals surface area contributed by atoms with Gasteiger partial charge in [-0.15, -0.1) is 0 Å². The lowest BCUT2D eigenvalue weighted by Gasteiger charge is -2.18. The molecule has 0 bridgehead atoms. The van der Waals surface area contributed by atoms with E-state index in [1.165, 1.54) is 30.9 Å². The van der Waals surface area contributed by atoms with Crippen molar-refractivity contribution < 1.29 is 31.3 Å². The van der Waals surface area contributed by atoms with E-state index in [-0.39, 0.29) is 35.1 Å². The van der Waals surface area contributed by atoms with Crippen molar-refractivity contribution in [1.29, 1.82) is 0 Å². The van der Waals surface area contributed by atoms with Crippen LogP contribution in [0.3, 0.4) is 0 Å². The Balaban J connectivity index is 1.51. The zero-order chi connectivity index (χ0) is 26.9. The molecule has 0 spiro atoms. The SMILES string of the molecule is NS(=O)(=O)OC[C@H]1C[C@@H](Nc2ncncc2C(=O)c2cc(Cl)n(Cc3ccc(F)c(Br)c3)c2)[C@@H](F)[C@@H]1O. The first-order valence-corrected chi connectivity index (χ1v) is 13.5. The number of aromatic nitrogens is 3. The molecule has 37 heavy (non-hydrogen) atoms. The summed E-state index contributed by atoms with van der Waals surface area (Å²) in [6, 6.07) is 4.97. The number of aliphatic hydroxyl groups excluding tert-OH is 1. The highest BCUT2D eigenvalue weighted by Crippen LogP contribution is 2.32. The first-order valence-electron chi connectivity index (χ1n) is 10.8. The highest BCUT2D eigenvalue weighted by atomic mass is 79.9. The number of nitrogens with zero attached hydrogens (tertiary/aromatic N) is 3. The molecule has 2 heterocycles. The topological polar surface area (TPSA) is 149 Å². The number of aliphatic hydroxyl groups is 1. The lowest BCUT2D eigenvalue weighted by Crippen LogP contribution is -2.33. The summed E-state index contributed by atoms with van der Waals surface area (Å²) in [7, 11) is -4.25. The predicted molar refractivity (Wildman–Crippen MR) is 134 cm³/mol. The Morgan fingerprint density at radius 2 is 2.14 bits per heavy atom. The molecule has 1 aromatic carbocycles. The predicted octanol–water partition coefficient (Wildman–Crippen LogP) is 2.83. The number of halogens is 4. The molecule has 198 valence electrons. The molecule has 0 unspecified atom stereocenters. The van der Waals surface area contributed by atoms with Crippen molar-refractivity contribution in [3.63, 3.8) is 0 Å². The van der Waals surface area contributed by atoms with Crippen molar-refractivity contribution in [2.45, 2.75) is 31.3 Å². The van der Waals surface area contributed by atoms with Crippen molar-refractivity contribution >= 4 is 49.4 Å². The quantitative estimate of drug-likeness (QED) is 0.309. The van der Waals surface area contributed by atoms with E-state index in [1.807, 2.05) is 0 Å². The van der Waals surface area contributed by atoms with Gasteiger partial charge in [-0.2, -0.15) is 8.42 Å². The van der Waals surface area contributed by atoms with Gasteiger partial charge in [0.2, 0.25) is 0 Å². The largest absolute Gasteiger partial charge is 0.390 e. The maximum absolute atomic E-state index is 14.8. The minimum atomic E-state index is -4.25. The molecule has 4 N–H and O–H groups in total. The second-order valence-electron chi connectivity index (χ2n) is 8.50. The summed E-state index contributed by atoms with van der Waals surface area (Å²) in [5.74, 6) is -1.73. The fraction of sp³-hybridized carbons (Fsp3) is 0.318. The molecule has 1 aliphatic carbocycles. The van der Waals surface area contributed by atoms with Crippen molar-refractivity contribution in [2.24, 2.45) is 11.1 Å². The van der Waals surface area contributed by atoms with E-state index >= 15 is 0 Å². The van der Waals surface area contributed by atoms with Gasteiger partial charge in [0.05, 0.1) is 28.8 Å². The molecular weight excluding hydrogens is 600 g/mol. The Bertz CT molecular complexity index is 1430. The minimum absolute atomic E-state index is 0.00901. The third-order valence-corrected chi connectivity index (χ3v) is 7.32. The zero-order valence-electron chi connectivity index (χ0n) is 18.9. The molecule has 4 rings (SSSR count). The van der Waals surface area contributed by atoms with Crippen LogP contribution in [0, 0.1) is 11.7 Å². The van der Waals surface area contributed by atoms with Crippen LogP contribution in [0.5, 0.6) is 0 Å². The van der Waals surface area contributed by atoms with Crippen LogP contribution in [0.25, 0.3) is 0 Å². The Labute approximate surface area is 224 Å². The molecule has 1 saturated carbocycles. The number of hydrogen-bond acceptors (Lipinski definition) is 8. The van der Waals surface area contributed by atoms with Crippen LogP contribution < -0.4 is 10.5 Å². The Hall–Kier alpha value is -2.49. The molecule has 1 aliphatic rings. The molecule has 15 heteroatoms. The average molecular weight is 621 g/mol. The number of benzene rings is 1. The van der Waals surface area contributed by atoms with Crippen molar-refractivity contribution in [1.82, 2.24) is 14.5 Å². The van der Waals surface area contributed by atoms with Crippen LogP contribution in [-0.4, -0.2) is 58.8 Å². The first-order chi connectivity index (χ1) is 17.4. The lowest BCUT2D eigenvalue weighted by atomic mass is 10.1. The third-order valence-electron chi connectivity index (χ3n) is 5.92. The number of carbonyl (C=O) groups excluding carboxylic acids is 1. The highest BCUT2D eigenvalue weighted by Gasteiger charge is 2.44. The highest BCUT2D eigenvalue weighted by molar-refractivity contribution is 9.10. The Morgan fingerprint density at radius 1 is 1.38 bits per heavy atom. The number of ketones is 1. The van der Waals surface area contributed by atoms with Gasteiger partial charge in [0.25, 0.3) is 0 Å². The molecule has 3 aromatic rings. The van der Waals surface area contributed by atoms with Gasteiger partial charge >= 0.3 is 10.3 Å². The number of nitrogens with one attached hydrogen (secondary N) is 1. The number of alkyl halides is 1. The van der Waals surface area contributed by atoms with Gasteiger partial charge in [0.1, 0.15) is 29.3 Å². The van der Waals surface area contributed by atoms with Gasteiger partial charge in [0.15, 0.2) is 5.78 Å². The molecule has 10 nitrogen and oxygen atoms in total. The third kappa shape index (κ3) is 6.51. The van der Waals surface area contributed by atoms with Gasteiger partial charge in [-0.05, 0) is 46.1 Å². The van der Waals surface area contributed by atoms with E-state index in [2.05, 4.69) is 35.4 Å². The molecule has 0 aliphatic heterocycles. The van der Waals surface area contributed by atoms with E-state index in [9.17, 15) is 27.1 Å². The van der Waals surface area contributed by atoms with E-state index in [4.69, 9.17) is 16.7 Å². The smallest absolute Gasteiger partial charge is 0.333 e. The van der Waals surface area contributed by atoms with Crippen LogP contribution in [0.4, 0.5) is 14.6 Å². The number of hydrogen-bond donors (Lipinski definition) is 3. The monoisotopic (exact) mass is 619 g/mol. The van der Waals surface area contributed by atoms with Crippen molar-refractivity contribution in [3.05, 3.63) is 75.1 Å². The summed E-state index contributed by atoms with van der Waals surface area (Å²) in [6.45, 7) is -0.225. The van der Waals surface area contributed by atoms with E-state index in [1.54, 1.807) is 16.7 Å². The van der Waals surface area contributed by atoms with E-state index < -0.39 is 52.7 Å². The van der Waals surface area contributed by atoms with Gasteiger partial charge in [0, 0.05) is 30.4 Å². The van der Waals surface area contributed by atoms with E-state index in [0.29, 0.717) is 4.47 Å². The van der Waals surface area contributed by atoms with Crippen LogP contribution >= 0.6 is 27.5 Å². The van der Waals surface area contributed by atoms with Gasteiger partial charge in [-0.1, -0.05) is 17.7 Å². The fourth-order valence-electron chi connectivity index (χ4n) is 4.08. The molecular formula is C22H21BrClF2N5O5S. The van der Waals surface area contributed by atoms with E-state index in [0.717, 1.165) is 5.56 Å². The lowest BCUT2D eigenvalue weighted by molar-refractivity contribution is 0.0501. The Kier molecular flexibility index (Phi) is 8.26. The molecule has 2 aromatic heterocycles. The molecule has 4 atom stereocenters. The number of carbonyl (C=O) groups is 1. The summed E-state index contributed by atoms with van der Waals surface area (Å²) in [6.07, 6.45) is 0.642. The van der Waals surface area contributed by atoms with Crippen LogP contribution in [-0.2, 0) is 21.0 Å². The summed E-state index contributed by atoms with van der Waals surface area (Å²) >= 11 is 9.46. The zero-order valence-corrected chi connectivity index (χ0v) is 22.0. The molecule has 1 fully saturated rings. The normalized spacial score (nSPS) is 21.8. The number of rotatable bonds is 9. The average Bonchev–Trinajstić information content (AvgIpc) is 3.33. The molecule has 0 saturated heterocycles. The van der Waals surface area contributed by atoms with Crippen molar-refractivity contribution in [3.8, 4) is 0 Å². The second-order valence-corrected chi connectivity index (χ2v) is 11.0. The number of anilines is 1. The van der Waals surface area contributed by atoms with Gasteiger partial charge in [-0.3, -0.25) is 8.98 Å². The molecule has 0 amide bonds. The van der Waals surface area contributed by atoms with Crippen LogP contribution in [0.15, 0.2) is 47.5 Å².